The Morgan fingerprint density at radius 2 is 1.96 bits per heavy atom. The smallest absolute Gasteiger partial charge is 0.270 e. The van der Waals surface area contributed by atoms with Gasteiger partial charge < -0.3 is 9.64 Å². The fourth-order valence-electron chi connectivity index (χ4n) is 2.29. The Morgan fingerprint density at radius 1 is 1.24 bits per heavy atom. The highest BCUT2D eigenvalue weighted by atomic mass is 32.2. The van der Waals surface area contributed by atoms with E-state index in [4.69, 9.17) is 9.88 Å². The van der Waals surface area contributed by atoms with Crippen LogP contribution in [0.4, 0.5) is 11.4 Å². The molecule has 25 heavy (non-hydrogen) atoms. The quantitative estimate of drug-likeness (QED) is 0.593. The number of benzene rings is 2. The van der Waals surface area contributed by atoms with E-state index in [2.05, 4.69) is 0 Å². The molecular formula is C16H19N3O5S. The fourth-order valence-corrected chi connectivity index (χ4v) is 3.09. The number of nitrogens with two attached hydrogens (primary N) is 1. The topological polar surface area (TPSA) is 116 Å². The second-order valence-corrected chi connectivity index (χ2v) is 7.07. The van der Waals surface area contributed by atoms with E-state index in [0.717, 1.165) is 11.6 Å². The highest BCUT2D eigenvalue weighted by molar-refractivity contribution is 7.89. The lowest BCUT2D eigenvalue weighted by atomic mass is 10.2. The molecule has 0 heterocycles. The molecule has 0 unspecified atom stereocenters. The van der Waals surface area contributed by atoms with Crippen molar-refractivity contribution in [1.29, 1.82) is 0 Å². The summed E-state index contributed by atoms with van der Waals surface area (Å²) in [5, 5.41) is 16.0. The standard InChI is InChI=1S/C16H19N3O5S/c1-12-4-3-5-14(10-12)24-9-8-18(2)15-7-6-13(19(20)21)11-16(15)25(17,22)23/h3-7,10-11H,8-9H2,1-2H3,(H2,17,22,23). The first-order chi connectivity index (χ1) is 11.7. The lowest BCUT2D eigenvalue weighted by Gasteiger charge is -2.21. The van der Waals surface area contributed by atoms with E-state index in [9.17, 15) is 18.5 Å². The van der Waals surface area contributed by atoms with Crippen LogP contribution in [0.5, 0.6) is 5.75 Å². The lowest BCUT2D eigenvalue weighted by Crippen LogP contribution is -2.26. The number of hydrogen-bond acceptors (Lipinski definition) is 6. The average Bonchev–Trinajstić information content (AvgIpc) is 2.53. The summed E-state index contributed by atoms with van der Waals surface area (Å²) in [5.74, 6) is 0.712. The van der Waals surface area contributed by atoms with Crippen molar-refractivity contribution < 1.29 is 18.1 Å². The Kier molecular flexibility index (Phi) is 5.60. The first-order valence-corrected chi connectivity index (χ1v) is 8.95. The molecule has 0 aliphatic rings. The number of sulfonamides is 1. The highest BCUT2D eigenvalue weighted by Gasteiger charge is 2.21. The van der Waals surface area contributed by atoms with E-state index >= 15 is 0 Å². The van der Waals surface area contributed by atoms with Crippen LogP contribution >= 0.6 is 0 Å². The maximum absolute atomic E-state index is 11.8. The van der Waals surface area contributed by atoms with Gasteiger partial charge in [0.2, 0.25) is 10.0 Å². The average molecular weight is 365 g/mol. The van der Waals surface area contributed by atoms with Gasteiger partial charge in [-0.1, -0.05) is 12.1 Å². The van der Waals surface area contributed by atoms with Crippen LogP contribution in [-0.4, -0.2) is 33.5 Å². The summed E-state index contributed by atoms with van der Waals surface area (Å²) in [4.78, 5) is 11.5. The van der Waals surface area contributed by atoms with Crippen molar-refractivity contribution in [3.05, 3.63) is 58.1 Å². The molecule has 0 bridgehead atoms. The Labute approximate surface area is 146 Å². The number of nitro groups is 1. The SMILES string of the molecule is Cc1cccc(OCCN(C)c2ccc([N+](=O)[O-])cc2S(N)(=O)=O)c1. The van der Waals surface area contributed by atoms with Crippen molar-refractivity contribution in [3.63, 3.8) is 0 Å². The van der Waals surface area contributed by atoms with Gasteiger partial charge in [-0.2, -0.15) is 0 Å². The molecule has 9 heteroatoms. The van der Waals surface area contributed by atoms with Crippen LogP contribution in [0.2, 0.25) is 0 Å². The molecule has 0 spiro atoms. The van der Waals surface area contributed by atoms with Gasteiger partial charge >= 0.3 is 0 Å². The zero-order valence-electron chi connectivity index (χ0n) is 13.9. The van der Waals surface area contributed by atoms with Crippen molar-refractivity contribution in [3.8, 4) is 5.75 Å². The third-order valence-corrected chi connectivity index (χ3v) is 4.50. The maximum Gasteiger partial charge on any atom is 0.270 e. The molecule has 0 atom stereocenters. The Bertz CT molecular complexity index is 883. The monoisotopic (exact) mass is 365 g/mol. The van der Waals surface area contributed by atoms with Crippen LogP contribution in [0, 0.1) is 17.0 Å². The van der Waals surface area contributed by atoms with E-state index in [-0.39, 0.29) is 16.3 Å². The Morgan fingerprint density at radius 3 is 2.56 bits per heavy atom. The van der Waals surface area contributed by atoms with Gasteiger partial charge in [0, 0.05) is 19.2 Å². The molecule has 0 saturated heterocycles. The summed E-state index contributed by atoms with van der Waals surface area (Å²) in [6.07, 6.45) is 0. The number of ether oxygens (including phenoxy) is 1. The first-order valence-electron chi connectivity index (χ1n) is 7.40. The van der Waals surface area contributed by atoms with Gasteiger partial charge in [0.1, 0.15) is 17.3 Å². The number of aryl methyl sites for hydroxylation is 1. The van der Waals surface area contributed by atoms with E-state index in [1.165, 1.54) is 12.1 Å². The molecule has 0 aliphatic carbocycles. The maximum atomic E-state index is 11.8. The van der Waals surface area contributed by atoms with Crippen LogP contribution in [0.3, 0.4) is 0 Å². The molecule has 0 amide bonds. The van der Waals surface area contributed by atoms with Gasteiger partial charge in [0.05, 0.1) is 17.2 Å². The molecular weight excluding hydrogens is 346 g/mol. The van der Waals surface area contributed by atoms with Gasteiger partial charge in [0.25, 0.3) is 5.69 Å². The second-order valence-electron chi connectivity index (χ2n) is 5.54. The van der Waals surface area contributed by atoms with Gasteiger partial charge in [-0.15, -0.1) is 0 Å². The molecule has 0 saturated carbocycles. The highest BCUT2D eigenvalue weighted by Crippen LogP contribution is 2.28. The van der Waals surface area contributed by atoms with Crippen LogP contribution in [0.1, 0.15) is 5.56 Å². The molecule has 0 aromatic heterocycles. The molecule has 0 aliphatic heterocycles. The minimum atomic E-state index is -4.10. The number of primary sulfonamides is 1. The largest absolute Gasteiger partial charge is 0.492 e. The van der Waals surface area contributed by atoms with Crippen molar-refractivity contribution in [1.82, 2.24) is 0 Å². The van der Waals surface area contributed by atoms with E-state index < -0.39 is 14.9 Å². The molecule has 0 fully saturated rings. The predicted molar refractivity (Wildman–Crippen MR) is 94.4 cm³/mol. The summed E-state index contributed by atoms with van der Waals surface area (Å²) in [7, 11) is -2.44. The molecule has 2 rings (SSSR count). The molecule has 2 aromatic carbocycles. The van der Waals surface area contributed by atoms with Crippen LogP contribution in [0.15, 0.2) is 47.4 Å². The number of nitro benzene ring substituents is 1. The molecule has 2 N–H and O–H groups in total. The zero-order valence-corrected chi connectivity index (χ0v) is 14.7. The molecule has 8 nitrogen and oxygen atoms in total. The van der Waals surface area contributed by atoms with Crippen LogP contribution in [-0.2, 0) is 10.0 Å². The molecule has 0 radical (unpaired) electrons. The van der Waals surface area contributed by atoms with Gasteiger partial charge in [0.15, 0.2) is 0 Å². The third-order valence-electron chi connectivity index (χ3n) is 3.56. The van der Waals surface area contributed by atoms with Crippen molar-refractivity contribution in [2.75, 3.05) is 25.1 Å². The number of hydrogen-bond donors (Lipinski definition) is 1. The van der Waals surface area contributed by atoms with Gasteiger partial charge in [-0.3, -0.25) is 10.1 Å². The summed E-state index contributed by atoms with van der Waals surface area (Å²) in [5.41, 5.74) is 1.01. The van der Waals surface area contributed by atoms with E-state index in [1.54, 1.807) is 11.9 Å². The summed E-state index contributed by atoms with van der Waals surface area (Å²) < 4.78 is 29.2. The lowest BCUT2D eigenvalue weighted by molar-refractivity contribution is -0.385. The fraction of sp³-hybridized carbons (Fsp3) is 0.250. The first kappa shape index (κ1) is 18.7. The van der Waals surface area contributed by atoms with Crippen LogP contribution < -0.4 is 14.8 Å². The zero-order chi connectivity index (χ0) is 18.6. The number of likely N-dealkylation sites (N-methyl/N-ethyl adjacent to an activating group) is 1. The van der Waals surface area contributed by atoms with Crippen molar-refractivity contribution in [2.45, 2.75) is 11.8 Å². The van der Waals surface area contributed by atoms with Crippen molar-refractivity contribution in [2.24, 2.45) is 5.14 Å². The minimum absolute atomic E-state index is 0.279. The normalized spacial score (nSPS) is 11.2. The van der Waals surface area contributed by atoms with Crippen LogP contribution in [0.25, 0.3) is 0 Å². The predicted octanol–water partition coefficient (Wildman–Crippen LogP) is 2.07. The van der Waals surface area contributed by atoms with Crippen molar-refractivity contribution >= 4 is 21.4 Å². The third kappa shape index (κ3) is 4.91. The number of rotatable bonds is 7. The number of anilines is 1. The summed E-state index contributed by atoms with van der Waals surface area (Å²) in [6, 6.07) is 11.1. The van der Waals surface area contributed by atoms with E-state index in [1.807, 2.05) is 31.2 Å². The Hall–Kier alpha value is -2.65. The molecule has 2 aromatic rings. The second kappa shape index (κ2) is 7.49. The minimum Gasteiger partial charge on any atom is -0.492 e. The van der Waals surface area contributed by atoms with E-state index in [0.29, 0.717) is 18.9 Å². The van der Waals surface area contributed by atoms with Gasteiger partial charge in [-0.05, 0) is 30.7 Å². The molecule has 134 valence electrons. The Balaban J connectivity index is 2.15. The summed E-state index contributed by atoms with van der Waals surface area (Å²) >= 11 is 0. The summed E-state index contributed by atoms with van der Waals surface area (Å²) in [6.45, 7) is 2.63. The van der Waals surface area contributed by atoms with Gasteiger partial charge in [-0.25, -0.2) is 13.6 Å². The number of non-ortho nitro benzene ring substituents is 1. The number of nitrogens with zero attached hydrogens (tertiary/aromatic N) is 2.